The minimum absolute atomic E-state index is 0.0291. The summed E-state index contributed by atoms with van der Waals surface area (Å²) in [5, 5.41) is 4.75. The molecule has 0 aliphatic heterocycles. The van der Waals surface area contributed by atoms with E-state index in [0.29, 0.717) is 10.6 Å². The standard InChI is InChI=1S/C21H13ClOS/c22-19-11-4-3-9-18(19)20(23)21-17(12-13-24-21)16-10-5-7-14-6-1-2-8-15(14)16/h1-13H. The van der Waals surface area contributed by atoms with Crippen molar-refractivity contribution in [1.82, 2.24) is 0 Å². The van der Waals surface area contributed by atoms with Crippen molar-refractivity contribution in [2.45, 2.75) is 0 Å². The summed E-state index contributed by atoms with van der Waals surface area (Å²) >= 11 is 7.67. The van der Waals surface area contributed by atoms with E-state index in [0.717, 1.165) is 26.8 Å². The quantitative estimate of drug-likeness (QED) is 0.389. The highest BCUT2D eigenvalue weighted by atomic mass is 35.5. The molecule has 3 heteroatoms. The molecule has 0 unspecified atom stereocenters. The van der Waals surface area contributed by atoms with Gasteiger partial charge in [0.15, 0.2) is 0 Å². The summed E-state index contributed by atoms with van der Waals surface area (Å²) in [7, 11) is 0. The van der Waals surface area contributed by atoms with Crippen molar-refractivity contribution in [2.75, 3.05) is 0 Å². The second-order valence-corrected chi connectivity index (χ2v) is 6.82. The van der Waals surface area contributed by atoms with Crippen LogP contribution in [0.1, 0.15) is 15.2 Å². The summed E-state index contributed by atoms with van der Waals surface area (Å²) in [5.41, 5.74) is 2.58. The molecule has 1 nitrogen and oxygen atoms in total. The molecule has 0 fully saturated rings. The minimum atomic E-state index is -0.0291. The maximum Gasteiger partial charge on any atom is 0.205 e. The molecule has 0 saturated carbocycles. The van der Waals surface area contributed by atoms with Crippen molar-refractivity contribution in [3.63, 3.8) is 0 Å². The number of benzene rings is 3. The topological polar surface area (TPSA) is 17.1 Å². The zero-order valence-corrected chi connectivity index (χ0v) is 14.3. The lowest BCUT2D eigenvalue weighted by Crippen LogP contribution is -2.01. The van der Waals surface area contributed by atoms with Crippen molar-refractivity contribution >= 4 is 39.5 Å². The van der Waals surface area contributed by atoms with Crippen molar-refractivity contribution in [3.05, 3.63) is 93.6 Å². The molecule has 0 N–H and O–H groups in total. The highest BCUT2D eigenvalue weighted by Gasteiger charge is 2.19. The molecule has 0 radical (unpaired) electrons. The predicted molar refractivity (Wildman–Crippen MR) is 102 cm³/mol. The smallest absolute Gasteiger partial charge is 0.205 e. The number of carbonyl (C=O) groups excluding carboxylic acids is 1. The Bertz CT molecular complexity index is 1040. The van der Waals surface area contributed by atoms with Gasteiger partial charge < -0.3 is 0 Å². The van der Waals surface area contributed by atoms with E-state index in [9.17, 15) is 4.79 Å². The van der Waals surface area contributed by atoms with E-state index in [2.05, 4.69) is 24.3 Å². The molecule has 0 bridgehead atoms. The van der Waals surface area contributed by atoms with Gasteiger partial charge in [0.1, 0.15) is 0 Å². The van der Waals surface area contributed by atoms with Crippen LogP contribution in [0.2, 0.25) is 5.02 Å². The molecule has 0 amide bonds. The second kappa shape index (κ2) is 6.23. The molecule has 0 atom stereocenters. The molecule has 116 valence electrons. The second-order valence-electron chi connectivity index (χ2n) is 5.50. The Balaban J connectivity index is 1.89. The third kappa shape index (κ3) is 2.54. The Morgan fingerprint density at radius 3 is 2.42 bits per heavy atom. The summed E-state index contributed by atoms with van der Waals surface area (Å²) in [6.45, 7) is 0. The van der Waals surface area contributed by atoms with Crippen LogP contribution in [0.15, 0.2) is 78.2 Å². The van der Waals surface area contributed by atoms with Crippen LogP contribution in [-0.4, -0.2) is 5.78 Å². The van der Waals surface area contributed by atoms with Gasteiger partial charge in [-0.1, -0.05) is 66.2 Å². The number of ketones is 1. The summed E-state index contributed by atoms with van der Waals surface area (Å²) in [6, 6.07) is 23.6. The fourth-order valence-corrected chi connectivity index (χ4v) is 4.01. The number of rotatable bonds is 3. The predicted octanol–water partition coefficient (Wildman–Crippen LogP) is 6.45. The van der Waals surface area contributed by atoms with E-state index in [1.807, 2.05) is 41.8 Å². The lowest BCUT2D eigenvalue weighted by atomic mass is 9.96. The van der Waals surface area contributed by atoms with Gasteiger partial charge in [-0.05, 0) is 39.9 Å². The van der Waals surface area contributed by atoms with Crippen molar-refractivity contribution in [1.29, 1.82) is 0 Å². The fourth-order valence-electron chi connectivity index (χ4n) is 2.93. The normalized spacial score (nSPS) is 10.9. The van der Waals surface area contributed by atoms with Crippen LogP contribution in [0.25, 0.3) is 21.9 Å². The van der Waals surface area contributed by atoms with E-state index in [1.165, 1.54) is 11.3 Å². The molecular formula is C21H13ClOS. The molecule has 4 aromatic rings. The van der Waals surface area contributed by atoms with Crippen LogP contribution in [-0.2, 0) is 0 Å². The number of hydrogen-bond donors (Lipinski definition) is 0. The minimum Gasteiger partial charge on any atom is -0.288 e. The SMILES string of the molecule is O=C(c1ccccc1Cl)c1sccc1-c1cccc2ccccc12. The van der Waals surface area contributed by atoms with Crippen molar-refractivity contribution < 1.29 is 4.79 Å². The first-order chi connectivity index (χ1) is 11.8. The third-order valence-corrected chi connectivity index (χ3v) is 5.31. The fraction of sp³-hybridized carbons (Fsp3) is 0. The highest BCUT2D eigenvalue weighted by molar-refractivity contribution is 7.13. The van der Waals surface area contributed by atoms with Crippen LogP contribution >= 0.6 is 22.9 Å². The maximum atomic E-state index is 13.0. The van der Waals surface area contributed by atoms with Gasteiger partial charge in [-0.15, -0.1) is 11.3 Å². The van der Waals surface area contributed by atoms with E-state index in [1.54, 1.807) is 12.1 Å². The maximum absolute atomic E-state index is 13.0. The summed E-state index contributed by atoms with van der Waals surface area (Å²) in [4.78, 5) is 13.7. The number of thiophene rings is 1. The van der Waals surface area contributed by atoms with E-state index < -0.39 is 0 Å². The van der Waals surface area contributed by atoms with Gasteiger partial charge in [-0.3, -0.25) is 4.79 Å². The zero-order chi connectivity index (χ0) is 16.5. The Hall–Kier alpha value is -2.42. The zero-order valence-electron chi connectivity index (χ0n) is 12.7. The Kier molecular flexibility index (Phi) is 3.93. The Morgan fingerprint density at radius 1 is 0.792 bits per heavy atom. The molecule has 0 saturated heterocycles. The molecule has 1 heterocycles. The average Bonchev–Trinajstić information content (AvgIpc) is 3.10. The molecule has 0 aliphatic rings. The third-order valence-electron chi connectivity index (χ3n) is 4.07. The first-order valence-corrected chi connectivity index (χ1v) is 8.86. The first kappa shape index (κ1) is 15.1. The Labute approximate surface area is 149 Å². The van der Waals surface area contributed by atoms with Gasteiger partial charge in [0, 0.05) is 11.1 Å². The summed E-state index contributed by atoms with van der Waals surface area (Å²) in [6.07, 6.45) is 0. The van der Waals surface area contributed by atoms with Crippen LogP contribution < -0.4 is 0 Å². The number of hydrogen-bond acceptors (Lipinski definition) is 2. The highest BCUT2D eigenvalue weighted by Crippen LogP contribution is 2.35. The van der Waals surface area contributed by atoms with Gasteiger partial charge >= 0.3 is 0 Å². The lowest BCUT2D eigenvalue weighted by Gasteiger charge is -2.08. The number of carbonyl (C=O) groups is 1. The van der Waals surface area contributed by atoms with E-state index in [-0.39, 0.29) is 5.78 Å². The molecule has 0 spiro atoms. The van der Waals surface area contributed by atoms with Crippen LogP contribution in [0, 0.1) is 0 Å². The van der Waals surface area contributed by atoms with Gasteiger partial charge in [0.2, 0.25) is 5.78 Å². The van der Waals surface area contributed by atoms with Gasteiger partial charge in [0.05, 0.1) is 9.90 Å². The molecule has 3 aromatic carbocycles. The largest absolute Gasteiger partial charge is 0.288 e. The van der Waals surface area contributed by atoms with Crippen LogP contribution in [0.5, 0.6) is 0 Å². The van der Waals surface area contributed by atoms with E-state index >= 15 is 0 Å². The Morgan fingerprint density at radius 2 is 1.54 bits per heavy atom. The van der Waals surface area contributed by atoms with Crippen molar-refractivity contribution in [2.24, 2.45) is 0 Å². The molecular weight excluding hydrogens is 336 g/mol. The average molecular weight is 349 g/mol. The van der Waals surface area contributed by atoms with Gasteiger partial charge in [-0.2, -0.15) is 0 Å². The molecule has 0 aliphatic carbocycles. The summed E-state index contributed by atoms with van der Waals surface area (Å²) < 4.78 is 0. The van der Waals surface area contributed by atoms with Gasteiger partial charge in [-0.25, -0.2) is 0 Å². The molecule has 4 rings (SSSR count). The number of fused-ring (bicyclic) bond motifs is 1. The summed E-state index contributed by atoms with van der Waals surface area (Å²) in [5.74, 6) is -0.0291. The van der Waals surface area contributed by atoms with Crippen LogP contribution in [0.3, 0.4) is 0 Å². The molecule has 1 aromatic heterocycles. The van der Waals surface area contributed by atoms with E-state index in [4.69, 9.17) is 11.6 Å². The lowest BCUT2D eigenvalue weighted by molar-refractivity contribution is 0.104. The molecule has 24 heavy (non-hydrogen) atoms. The first-order valence-electron chi connectivity index (χ1n) is 7.60. The monoisotopic (exact) mass is 348 g/mol. The van der Waals surface area contributed by atoms with Gasteiger partial charge in [0.25, 0.3) is 0 Å². The van der Waals surface area contributed by atoms with Crippen molar-refractivity contribution in [3.8, 4) is 11.1 Å². The number of halogens is 1. The van der Waals surface area contributed by atoms with Crippen LogP contribution in [0.4, 0.5) is 0 Å².